The Morgan fingerprint density at radius 1 is 0.889 bits per heavy atom. The van der Waals surface area contributed by atoms with Crippen molar-refractivity contribution in [1.29, 1.82) is 0 Å². The average molecular weight is 397 g/mol. The van der Waals surface area contributed by atoms with E-state index in [0.717, 1.165) is 19.1 Å². The van der Waals surface area contributed by atoms with Crippen molar-refractivity contribution in [3.05, 3.63) is 64.0 Å². The molecule has 0 saturated carbocycles. The SMILES string of the molecule is CC(=O)c1ccc(C(=O)Nc2c(F)c(F)c(C(F)(F)F)c(F)c2F)c(F)c1. The molecule has 0 atom stereocenters. The van der Waals surface area contributed by atoms with Crippen LogP contribution in [0.4, 0.5) is 40.8 Å². The van der Waals surface area contributed by atoms with E-state index in [1.807, 2.05) is 0 Å². The summed E-state index contributed by atoms with van der Waals surface area (Å²) in [5.41, 5.74) is -5.70. The van der Waals surface area contributed by atoms with Crippen LogP contribution in [-0.4, -0.2) is 11.7 Å². The summed E-state index contributed by atoms with van der Waals surface area (Å²) in [6, 6.07) is 2.35. The Morgan fingerprint density at radius 2 is 1.41 bits per heavy atom. The molecule has 2 aromatic carbocycles. The van der Waals surface area contributed by atoms with E-state index < -0.39 is 63.8 Å². The van der Waals surface area contributed by atoms with E-state index in [0.29, 0.717) is 6.07 Å². The van der Waals surface area contributed by atoms with Gasteiger partial charge in [-0.2, -0.15) is 13.2 Å². The van der Waals surface area contributed by atoms with Crippen molar-refractivity contribution in [1.82, 2.24) is 0 Å². The lowest BCUT2D eigenvalue weighted by molar-refractivity contribution is -0.143. The Labute approximate surface area is 145 Å². The van der Waals surface area contributed by atoms with Gasteiger partial charge in [0.25, 0.3) is 5.91 Å². The van der Waals surface area contributed by atoms with Crippen molar-refractivity contribution in [2.75, 3.05) is 5.32 Å². The number of amides is 1. The number of Topliss-reactive ketones (excluding diaryl/α,β-unsaturated/α-hetero) is 1. The second-order valence-corrected chi connectivity index (χ2v) is 5.21. The van der Waals surface area contributed by atoms with Crippen LogP contribution in [0.3, 0.4) is 0 Å². The number of alkyl halides is 3. The monoisotopic (exact) mass is 397 g/mol. The van der Waals surface area contributed by atoms with Crippen LogP contribution in [0.1, 0.15) is 33.2 Å². The van der Waals surface area contributed by atoms with E-state index in [9.17, 15) is 44.7 Å². The maximum atomic E-state index is 13.8. The maximum Gasteiger partial charge on any atom is 0.422 e. The number of benzene rings is 2. The van der Waals surface area contributed by atoms with Gasteiger partial charge in [0.15, 0.2) is 29.1 Å². The highest BCUT2D eigenvalue weighted by atomic mass is 19.4. The van der Waals surface area contributed by atoms with Gasteiger partial charge in [0, 0.05) is 5.56 Å². The summed E-state index contributed by atoms with van der Waals surface area (Å²) >= 11 is 0. The topological polar surface area (TPSA) is 46.2 Å². The molecule has 0 aliphatic rings. The molecule has 0 aromatic heterocycles. The van der Waals surface area contributed by atoms with E-state index in [-0.39, 0.29) is 5.56 Å². The number of rotatable bonds is 3. The Bertz CT molecular complexity index is 923. The largest absolute Gasteiger partial charge is 0.422 e. The molecule has 0 fully saturated rings. The van der Waals surface area contributed by atoms with Gasteiger partial charge in [-0.3, -0.25) is 9.59 Å². The lowest BCUT2D eigenvalue weighted by Gasteiger charge is -2.15. The molecule has 1 N–H and O–H groups in total. The van der Waals surface area contributed by atoms with Gasteiger partial charge in [-0.25, -0.2) is 22.0 Å². The normalized spacial score (nSPS) is 11.4. The van der Waals surface area contributed by atoms with Crippen LogP contribution in [0.5, 0.6) is 0 Å². The van der Waals surface area contributed by atoms with Crippen molar-refractivity contribution in [2.45, 2.75) is 13.1 Å². The number of nitrogens with one attached hydrogen (secondary N) is 1. The van der Waals surface area contributed by atoms with Crippen LogP contribution < -0.4 is 5.32 Å². The van der Waals surface area contributed by atoms with Crippen LogP contribution in [0.2, 0.25) is 0 Å². The van der Waals surface area contributed by atoms with Crippen molar-refractivity contribution in [3.8, 4) is 0 Å². The number of carbonyl (C=O) groups excluding carboxylic acids is 2. The van der Waals surface area contributed by atoms with Gasteiger partial charge in [-0.1, -0.05) is 6.07 Å². The fourth-order valence-corrected chi connectivity index (χ4v) is 2.09. The van der Waals surface area contributed by atoms with Crippen LogP contribution in [0, 0.1) is 29.1 Å². The van der Waals surface area contributed by atoms with Crippen LogP contribution in [-0.2, 0) is 6.18 Å². The average Bonchev–Trinajstić information content (AvgIpc) is 2.55. The van der Waals surface area contributed by atoms with Gasteiger partial charge < -0.3 is 5.32 Å². The molecule has 0 aliphatic heterocycles. The molecule has 144 valence electrons. The van der Waals surface area contributed by atoms with Crippen molar-refractivity contribution < 1.29 is 44.7 Å². The van der Waals surface area contributed by atoms with Gasteiger partial charge in [-0.15, -0.1) is 0 Å². The highest BCUT2D eigenvalue weighted by molar-refractivity contribution is 6.05. The summed E-state index contributed by atoms with van der Waals surface area (Å²) in [6.07, 6.45) is -5.74. The molecule has 11 heteroatoms. The van der Waals surface area contributed by atoms with E-state index in [4.69, 9.17) is 0 Å². The van der Waals surface area contributed by atoms with Gasteiger partial charge in [-0.05, 0) is 19.1 Å². The summed E-state index contributed by atoms with van der Waals surface area (Å²) < 4.78 is 106. The van der Waals surface area contributed by atoms with E-state index >= 15 is 0 Å². The number of anilines is 1. The molecule has 0 unspecified atom stereocenters. The molecule has 0 aliphatic carbocycles. The van der Waals surface area contributed by atoms with Crippen molar-refractivity contribution in [2.24, 2.45) is 0 Å². The fraction of sp³-hybridized carbons (Fsp3) is 0.125. The molecule has 27 heavy (non-hydrogen) atoms. The third kappa shape index (κ3) is 3.76. The molecular formula is C16H7F8NO2. The summed E-state index contributed by atoms with van der Waals surface area (Å²) in [6.45, 7) is 1.09. The standard InChI is InChI=1S/C16H7F8NO2/c1-5(26)6-2-3-7(8(17)4-6)15(27)25-14-12(20)10(18)9(16(22,23)24)11(19)13(14)21/h2-4H,1H3,(H,25,27). The van der Waals surface area contributed by atoms with Crippen molar-refractivity contribution >= 4 is 17.4 Å². The van der Waals surface area contributed by atoms with Gasteiger partial charge in [0.2, 0.25) is 0 Å². The number of carbonyl (C=O) groups is 2. The molecule has 0 heterocycles. The third-order valence-electron chi connectivity index (χ3n) is 3.41. The molecule has 2 rings (SSSR count). The Morgan fingerprint density at radius 3 is 1.81 bits per heavy atom. The molecule has 0 radical (unpaired) electrons. The zero-order valence-corrected chi connectivity index (χ0v) is 13.1. The maximum absolute atomic E-state index is 13.8. The van der Waals surface area contributed by atoms with Crippen molar-refractivity contribution in [3.63, 3.8) is 0 Å². The Kier molecular flexibility index (Phi) is 5.25. The summed E-state index contributed by atoms with van der Waals surface area (Å²) in [5.74, 6) is -14.1. The molecule has 1 amide bonds. The lowest BCUT2D eigenvalue weighted by Crippen LogP contribution is -2.21. The van der Waals surface area contributed by atoms with Gasteiger partial charge in [0.05, 0.1) is 5.56 Å². The first-order valence-corrected chi connectivity index (χ1v) is 6.91. The highest BCUT2D eigenvalue weighted by Crippen LogP contribution is 2.38. The zero-order chi connectivity index (χ0) is 20.7. The minimum absolute atomic E-state index is 0.145. The molecule has 0 spiro atoms. The predicted octanol–water partition coefficient (Wildman–Crippen LogP) is 4.86. The van der Waals surface area contributed by atoms with E-state index in [1.54, 1.807) is 0 Å². The minimum Gasteiger partial charge on any atom is -0.317 e. The zero-order valence-electron chi connectivity index (χ0n) is 13.1. The van der Waals surface area contributed by atoms with Crippen LogP contribution in [0.15, 0.2) is 18.2 Å². The highest BCUT2D eigenvalue weighted by Gasteiger charge is 2.42. The molecule has 3 nitrogen and oxygen atoms in total. The molecule has 0 bridgehead atoms. The quantitative estimate of drug-likeness (QED) is 0.457. The third-order valence-corrected chi connectivity index (χ3v) is 3.41. The molecular weight excluding hydrogens is 390 g/mol. The molecule has 2 aromatic rings. The predicted molar refractivity (Wildman–Crippen MR) is 75.6 cm³/mol. The van der Waals surface area contributed by atoms with Gasteiger partial charge in [0.1, 0.15) is 17.1 Å². The number of ketones is 1. The van der Waals surface area contributed by atoms with E-state index in [2.05, 4.69) is 0 Å². The van der Waals surface area contributed by atoms with Crippen LogP contribution >= 0.6 is 0 Å². The first-order chi connectivity index (χ1) is 12.4. The Balaban J connectivity index is 2.49. The first kappa shape index (κ1) is 20.3. The summed E-state index contributed by atoms with van der Waals surface area (Å²) in [5, 5.41) is 1.28. The second kappa shape index (κ2) is 6.97. The van der Waals surface area contributed by atoms with Gasteiger partial charge >= 0.3 is 6.18 Å². The summed E-state index contributed by atoms with van der Waals surface area (Å²) in [7, 11) is 0. The second-order valence-electron chi connectivity index (χ2n) is 5.21. The lowest BCUT2D eigenvalue weighted by atomic mass is 10.1. The number of hydrogen-bond donors (Lipinski definition) is 1. The number of halogens is 8. The number of hydrogen-bond acceptors (Lipinski definition) is 2. The minimum atomic E-state index is -5.74. The first-order valence-electron chi connectivity index (χ1n) is 6.91. The van der Waals surface area contributed by atoms with E-state index in [1.165, 1.54) is 5.32 Å². The van der Waals surface area contributed by atoms with Crippen LogP contribution in [0.25, 0.3) is 0 Å². The summed E-state index contributed by atoms with van der Waals surface area (Å²) in [4.78, 5) is 23.0. The Hall–Kier alpha value is -2.98. The molecule has 0 saturated heterocycles. The fourth-order valence-electron chi connectivity index (χ4n) is 2.09. The smallest absolute Gasteiger partial charge is 0.317 e.